The van der Waals surface area contributed by atoms with Crippen LogP contribution in [0.25, 0.3) is 0 Å². The van der Waals surface area contributed by atoms with Crippen LogP contribution < -0.4 is 0 Å². The molecule has 4 rings (SSSR count). The molecule has 2 aromatic rings. The van der Waals surface area contributed by atoms with E-state index in [9.17, 15) is 9.59 Å². The van der Waals surface area contributed by atoms with E-state index in [1.54, 1.807) is 24.3 Å². The highest BCUT2D eigenvalue weighted by atomic mass is 16.5. The number of nitrogens with one attached hydrogen (secondary N) is 1. The van der Waals surface area contributed by atoms with E-state index in [1.165, 1.54) is 18.4 Å². The molecule has 1 N–H and O–H groups in total. The molecule has 1 fully saturated rings. The van der Waals surface area contributed by atoms with Crippen molar-refractivity contribution in [2.45, 2.75) is 31.1 Å². The number of methoxy groups -OCH3 is 1. The molecule has 0 saturated carbocycles. The summed E-state index contributed by atoms with van der Waals surface area (Å²) in [5, 5.41) is 7.33. The number of piperidine rings is 1. The van der Waals surface area contributed by atoms with Crippen LogP contribution in [0.2, 0.25) is 0 Å². The Morgan fingerprint density at radius 1 is 1.24 bits per heavy atom. The Hall–Kier alpha value is -2.63. The van der Waals surface area contributed by atoms with Crippen LogP contribution in [0.4, 0.5) is 0 Å². The van der Waals surface area contributed by atoms with Gasteiger partial charge in [0.15, 0.2) is 0 Å². The number of carbonyl (C=O) groups is 2. The summed E-state index contributed by atoms with van der Waals surface area (Å²) in [6, 6.07) is 6.87. The third kappa shape index (κ3) is 2.52. The van der Waals surface area contributed by atoms with Crippen LogP contribution in [0.3, 0.4) is 0 Å². The van der Waals surface area contributed by atoms with Crippen molar-refractivity contribution < 1.29 is 14.3 Å². The number of amides is 1. The Morgan fingerprint density at radius 3 is 2.84 bits per heavy atom. The van der Waals surface area contributed by atoms with E-state index in [4.69, 9.17) is 4.74 Å². The van der Waals surface area contributed by atoms with Crippen molar-refractivity contribution >= 4 is 11.9 Å². The minimum absolute atomic E-state index is 0.0278. The minimum Gasteiger partial charge on any atom is -0.465 e. The lowest BCUT2D eigenvalue weighted by atomic mass is 9.77. The van der Waals surface area contributed by atoms with Gasteiger partial charge in [-0.25, -0.2) is 4.79 Å². The number of esters is 1. The van der Waals surface area contributed by atoms with Crippen LogP contribution in [-0.2, 0) is 16.6 Å². The van der Waals surface area contributed by atoms with Crippen LogP contribution in [0.5, 0.6) is 0 Å². The lowest BCUT2D eigenvalue weighted by Gasteiger charge is -2.40. The van der Waals surface area contributed by atoms with Gasteiger partial charge in [0.05, 0.1) is 24.4 Å². The molecule has 2 aliphatic rings. The van der Waals surface area contributed by atoms with Gasteiger partial charge in [-0.1, -0.05) is 12.1 Å². The molecule has 130 valence electrons. The zero-order valence-corrected chi connectivity index (χ0v) is 14.2. The summed E-state index contributed by atoms with van der Waals surface area (Å²) in [5.41, 5.74) is 3.16. The molecule has 2 heterocycles. The molecule has 1 aromatic heterocycles. The Morgan fingerprint density at radius 2 is 2.04 bits per heavy atom. The third-order valence-corrected chi connectivity index (χ3v) is 5.55. The standard InChI is InChI=1S/C19H21N3O3/c1-25-18(24)15-6-3-2-5-14(15)17(23)22-10-4-8-19(12-22)9-7-13-11-20-21-16(13)19/h2-3,5-6,11H,4,7-10,12H2,1H3,(H,20,21). The van der Waals surface area contributed by atoms with Crippen molar-refractivity contribution in [2.75, 3.05) is 20.2 Å². The summed E-state index contributed by atoms with van der Waals surface area (Å²) < 4.78 is 4.82. The summed E-state index contributed by atoms with van der Waals surface area (Å²) in [6.45, 7) is 1.37. The highest BCUT2D eigenvalue weighted by molar-refractivity contribution is 6.05. The zero-order chi connectivity index (χ0) is 17.4. The summed E-state index contributed by atoms with van der Waals surface area (Å²) >= 11 is 0. The van der Waals surface area contributed by atoms with E-state index in [-0.39, 0.29) is 11.3 Å². The van der Waals surface area contributed by atoms with Gasteiger partial charge < -0.3 is 9.64 Å². The van der Waals surface area contributed by atoms with Crippen molar-refractivity contribution in [1.29, 1.82) is 0 Å². The number of hydrogen-bond acceptors (Lipinski definition) is 4. The zero-order valence-electron chi connectivity index (χ0n) is 14.2. The summed E-state index contributed by atoms with van der Waals surface area (Å²) in [5.74, 6) is -0.583. The van der Waals surface area contributed by atoms with Gasteiger partial charge in [0, 0.05) is 24.2 Å². The Labute approximate surface area is 146 Å². The van der Waals surface area contributed by atoms with Gasteiger partial charge in [0.1, 0.15) is 0 Å². The van der Waals surface area contributed by atoms with E-state index >= 15 is 0 Å². The van der Waals surface area contributed by atoms with Crippen LogP contribution in [0, 0.1) is 0 Å². The van der Waals surface area contributed by atoms with Crippen molar-refractivity contribution in [2.24, 2.45) is 0 Å². The molecular weight excluding hydrogens is 318 g/mol. The Bertz CT molecular complexity index is 829. The van der Waals surface area contributed by atoms with Gasteiger partial charge in [0.2, 0.25) is 0 Å². The average molecular weight is 339 g/mol. The molecule has 1 aliphatic heterocycles. The first-order valence-electron chi connectivity index (χ1n) is 8.64. The second-order valence-corrected chi connectivity index (χ2v) is 6.92. The quantitative estimate of drug-likeness (QED) is 0.852. The van der Waals surface area contributed by atoms with E-state index < -0.39 is 5.97 Å². The van der Waals surface area contributed by atoms with E-state index in [2.05, 4.69) is 10.2 Å². The Balaban J connectivity index is 1.63. The number of likely N-dealkylation sites (tertiary alicyclic amines) is 1. The van der Waals surface area contributed by atoms with E-state index in [0.717, 1.165) is 25.7 Å². The van der Waals surface area contributed by atoms with E-state index in [0.29, 0.717) is 24.2 Å². The van der Waals surface area contributed by atoms with E-state index in [1.807, 2.05) is 11.1 Å². The van der Waals surface area contributed by atoms with Crippen molar-refractivity contribution in [1.82, 2.24) is 15.1 Å². The van der Waals surface area contributed by atoms with Crippen LogP contribution in [0.1, 0.15) is 51.2 Å². The lowest BCUT2D eigenvalue weighted by Crippen LogP contribution is -2.48. The Kier molecular flexibility index (Phi) is 3.82. The van der Waals surface area contributed by atoms with Crippen molar-refractivity contribution in [3.8, 4) is 0 Å². The number of ether oxygens (including phenoxy) is 1. The second kappa shape index (κ2) is 6.02. The molecular formula is C19H21N3O3. The summed E-state index contributed by atoms with van der Waals surface area (Å²) in [6.07, 6.45) is 5.96. The second-order valence-electron chi connectivity index (χ2n) is 6.92. The largest absolute Gasteiger partial charge is 0.465 e. The highest BCUT2D eigenvalue weighted by Crippen LogP contribution is 2.44. The predicted octanol–water partition coefficient (Wildman–Crippen LogP) is 2.32. The average Bonchev–Trinajstić information content (AvgIpc) is 3.25. The smallest absolute Gasteiger partial charge is 0.338 e. The maximum Gasteiger partial charge on any atom is 0.338 e. The predicted molar refractivity (Wildman–Crippen MR) is 91.5 cm³/mol. The van der Waals surface area contributed by atoms with Crippen molar-refractivity contribution in [3.63, 3.8) is 0 Å². The molecule has 1 saturated heterocycles. The minimum atomic E-state index is -0.479. The molecule has 1 atom stereocenters. The molecule has 1 aliphatic carbocycles. The molecule has 25 heavy (non-hydrogen) atoms. The number of H-pyrrole nitrogens is 1. The summed E-state index contributed by atoms with van der Waals surface area (Å²) in [4.78, 5) is 27.0. The molecule has 1 amide bonds. The third-order valence-electron chi connectivity index (χ3n) is 5.55. The number of benzene rings is 1. The maximum absolute atomic E-state index is 13.1. The van der Waals surface area contributed by atoms with Gasteiger partial charge >= 0.3 is 5.97 Å². The molecule has 0 bridgehead atoms. The molecule has 1 spiro atoms. The topological polar surface area (TPSA) is 75.3 Å². The fourth-order valence-corrected chi connectivity index (χ4v) is 4.30. The maximum atomic E-state index is 13.1. The van der Waals surface area contributed by atoms with Crippen LogP contribution >= 0.6 is 0 Å². The van der Waals surface area contributed by atoms with Gasteiger partial charge in [-0.05, 0) is 43.4 Å². The molecule has 6 nitrogen and oxygen atoms in total. The lowest BCUT2D eigenvalue weighted by molar-refractivity contribution is 0.0572. The van der Waals surface area contributed by atoms with Crippen LogP contribution in [-0.4, -0.2) is 47.2 Å². The number of aromatic nitrogens is 2. The fraction of sp³-hybridized carbons (Fsp3) is 0.421. The molecule has 1 aromatic carbocycles. The molecule has 0 radical (unpaired) electrons. The first-order chi connectivity index (χ1) is 12.1. The number of fused-ring (bicyclic) bond motifs is 2. The number of aryl methyl sites for hydroxylation is 1. The summed E-state index contributed by atoms with van der Waals surface area (Å²) in [7, 11) is 1.33. The van der Waals surface area contributed by atoms with Gasteiger partial charge in [-0.3, -0.25) is 9.89 Å². The SMILES string of the molecule is COC(=O)c1ccccc1C(=O)N1CCCC2(CCc3cn[nH]c32)C1. The fourth-order valence-electron chi connectivity index (χ4n) is 4.30. The number of hydrogen-bond donors (Lipinski definition) is 1. The normalized spacial score (nSPS) is 22.0. The first kappa shape index (κ1) is 15.9. The molecule has 1 unspecified atom stereocenters. The number of aromatic amines is 1. The monoisotopic (exact) mass is 339 g/mol. The number of carbonyl (C=O) groups excluding carboxylic acids is 2. The van der Waals surface area contributed by atoms with Gasteiger partial charge in [-0.2, -0.15) is 5.10 Å². The first-order valence-corrected chi connectivity index (χ1v) is 8.64. The highest BCUT2D eigenvalue weighted by Gasteiger charge is 2.44. The number of nitrogens with zero attached hydrogens (tertiary/aromatic N) is 2. The molecule has 6 heteroatoms. The van der Waals surface area contributed by atoms with Crippen molar-refractivity contribution in [3.05, 3.63) is 52.8 Å². The van der Waals surface area contributed by atoms with Gasteiger partial charge in [-0.15, -0.1) is 0 Å². The van der Waals surface area contributed by atoms with Crippen LogP contribution in [0.15, 0.2) is 30.5 Å². The number of rotatable bonds is 2. The van der Waals surface area contributed by atoms with Gasteiger partial charge in [0.25, 0.3) is 5.91 Å².